The summed E-state index contributed by atoms with van der Waals surface area (Å²) in [4.78, 5) is 5.44. The molecule has 302 valence electrons. The lowest BCUT2D eigenvalue weighted by Gasteiger charge is -2.42. The maximum atomic E-state index is 4.62. The molecule has 0 spiro atoms. The van der Waals surface area contributed by atoms with E-state index in [1.165, 1.54) is 199 Å². The molecule has 1 aliphatic carbocycles. The first kappa shape index (κ1) is 48.6. The third-order valence-corrected chi connectivity index (χ3v) is 12.4. The highest BCUT2D eigenvalue weighted by molar-refractivity contribution is 5.18. The molecule has 0 aromatic carbocycles. The van der Waals surface area contributed by atoms with Crippen LogP contribution >= 0.6 is 0 Å². The second-order valence-electron chi connectivity index (χ2n) is 16.8. The third kappa shape index (κ3) is 22.7. The van der Waals surface area contributed by atoms with Gasteiger partial charge in [-0.25, -0.2) is 0 Å². The van der Waals surface area contributed by atoms with Crippen molar-refractivity contribution in [1.82, 2.24) is 9.80 Å². The van der Waals surface area contributed by atoms with Gasteiger partial charge in [0.25, 0.3) is 0 Å². The van der Waals surface area contributed by atoms with Crippen molar-refractivity contribution in [3.8, 4) is 0 Å². The molecule has 0 radical (unpaired) electrons. The van der Waals surface area contributed by atoms with Crippen molar-refractivity contribution in [3.05, 3.63) is 61.3 Å². The summed E-state index contributed by atoms with van der Waals surface area (Å²) in [5, 5.41) is 0. The number of hydrogen-bond donors (Lipinski definition) is 0. The zero-order chi connectivity index (χ0) is 38.3. The SMILES string of the molecule is C=C(CCCCCCCCCC/C=C\CCCCC)CCC(CCC)CCC(=C)C1CCN(C2CCN(CC)CC2)CC1.C=CC1(C)C=CC1.CC. The quantitative estimate of drug-likeness (QED) is 0.0616. The van der Waals surface area contributed by atoms with Gasteiger partial charge in [0, 0.05) is 11.5 Å². The van der Waals surface area contributed by atoms with E-state index in [4.69, 9.17) is 0 Å². The normalized spacial score (nSPS) is 20.4. The fourth-order valence-corrected chi connectivity index (χ4v) is 8.33. The number of piperidine rings is 2. The number of hydrogen-bond acceptors (Lipinski definition) is 2. The van der Waals surface area contributed by atoms with Crippen LogP contribution in [0.25, 0.3) is 0 Å². The van der Waals surface area contributed by atoms with Crippen LogP contribution in [0, 0.1) is 17.3 Å². The van der Waals surface area contributed by atoms with Gasteiger partial charge in [-0.05, 0) is 141 Å². The Kier molecular flexibility index (Phi) is 29.9. The van der Waals surface area contributed by atoms with Gasteiger partial charge in [-0.3, -0.25) is 0 Å². The van der Waals surface area contributed by atoms with E-state index in [2.05, 4.69) is 81.5 Å². The van der Waals surface area contributed by atoms with E-state index in [1.54, 1.807) is 5.57 Å². The van der Waals surface area contributed by atoms with Gasteiger partial charge >= 0.3 is 0 Å². The van der Waals surface area contributed by atoms with Gasteiger partial charge in [0.15, 0.2) is 0 Å². The van der Waals surface area contributed by atoms with Crippen molar-refractivity contribution in [1.29, 1.82) is 0 Å². The lowest BCUT2D eigenvalue weighted by atomic mass is 9.79. The molecular weight excluding hydrogens is 629 g/mol. The molecule has 2 saturated heterocycles. The molecule has 2 unspecified atom stereocenters. The highest BCUT2D eigenvalue weighted by Gasteiger charge is 2.28. The maximum Gasteiger partial charge on any atom is 0.0120 e. The minimum atomic E-state index is 0.347. The minimum Gasteiger partial charge on any atom is -0.303 e. The molecular formula is C50H92N2. The number of nitrogens with zero attached hydrogens (tertiary/aromatic N) is 2. The van der Waals surface area contributed by atoms with Crippen molar-refractivity contribution >= 4 is 0 Å². The van der Waals surface area contributed by atoms with Gasteiger partial charge < -0.3 is 9.80 Å². The van der Waals surface area contributed by atoms with Crippen molar-refractivity contribution in [2.45, 2.75) is 208 Å². The van der Waals surface area contributed by atoms with E-state index in [-0.39, 0.29) is 0 Å². The van der Waals surface area contributed by atoms with E-state index < -0.39 is 0 Å². The molecule has 2 nitrogen and oxygen atoms in total. The number of likely N-dealkylation sites (tertiary alicyclic amines) is 2. The molecule has 0 aromatic heterocycles. The van der Waals surface area contributed by atoms with Crippen molar-refractivity contribution in [2.24, 2.45) is 17.3 Å². The number of rotatable bonds is 27. The van der Waals surface area contributed by atoms with E-state index in [1.807, 2.05) is 19.9 Å². The van der Waals surface area contributed by atoms with E-state index in [0.29, 0.717) is 5.41 Å². The van der Waals surface area contributed by atoms with Gasteiger partial charge in [-0.15, -0.1) is 6.58 Å². The average Bonchev–Trinajstić information content (AvgIpc) is 3.17. The van der Waals surface area contributed by atoms with Crippen LogP contribution < -0.4 is 0 Å². The van der Waals surface area contributed by atoms with Gasteiger partial charge in [-0.1, -0.05) is 160 Å². The Hall–Kier alpha value is -1.38. The summed E-state index contributed by atoms with van der Waals surface area (Å²) in [5.74, 6) is 1.63. The first-order valence-electron chi connectivity index (χ1n) is 23.1. The van der Waals surface area contributed by atoms with Crippen LogP contribution in [-0.2, 0) is 0 Å². The molecule has 2 heterocycles. The minimum absolute atomic E-state index is 0.347. The van der Waals surface area contributed by atoms with Crippen LogP contribution in [0.15, 0.2) is 61.3 Å². The molecule has 3 rings (SSSR count). The molecule has 2 fully saturated rings. The summed E-state index contributed by atoms with van der Waals surface area (Å²) in [5.41, 5.74) is 3.43. The molecule has 2 atom stereocenters. The fourth-order valence-electron chi connectivity index (χ4n) is 8.33. The second-order valence-corrected chi connectivity index (χ2v) is 16.8. The Labute approximate surface area is 328 Å². The molecule has 2 heteroatoms. The van der Waals surface area contributed by atoms with Crippen LogP contribution in [0.4, 0.5) is 0 Å². The summed E-state index contributed by atoms with van der Waals surface area (Å²) in [6.07, 6.45) is 44.9. The molecule has 0 saturated carbocycles. The molecule has 0 bridgehead atoms. The van der Waals surface area contributed by atoms with Crippen molar-refractivity contribution < 1.29 is 0 Å². The Balaban J connectivity index is 0.00000132. The molecule has 52 heavy (non-hydrogen) atoms. The zero-order valence-electron chi connectivity index (χ0n) is 36.3. The van der Waals surface area contributed by atoms with E-state index in [9.17, 15) is 0 Å². The Morgan fingerprint density at radius 1 is 0.712 bits per heavy atom. The molecule has 0 aromatic rings. The second kappa shape index (κ2) is 31.9. The highest BCUT2D eigenvalue weighted by atomic mass is 15.2. The Morgan fingerprint density at radius 3 is 1.77 bits per heavy atom. The predicted molar refractivity (Wildman–Crippen MR) is 237 cm³/mol. The lowest BCUT2D eigenvalue weighted by Crippen LogP contribution is -2.47. The zero-order valence-corrected chi connectivity index (χ0v) is 36.3. The predicted octanol–water partition coefficient (Wildman–Crippen LogP) is 15.5. The van der Waals surface area contributed by atoms with E-state index in [0.717, 1.165) is 17.9 Å². The van der Waals surface area contributed by atoms with E-state index >= 15 is 0 Å². The van der Waals surface area contributed by atoms with Gasteiger partial charge in [-0.2, -0.15) is 0 Å². The van der Waals surface area contributed by atoms with Crippen LogP contribution in [0.1, 0.15) is 202 Å². The summed E-state index contributed by atoms with van der Waals surface area (Å²) in [6.45, 7) is 32.4. The largest absolute Gasteiger partial charge is 0.303 e. The number of allylic oxidation sites excluding steroid dienone is 7. The maximum absolute atomic E-state index is 4.62. The van der Waals surface area contributed by atoms with Crippen LogP contribution in [0.2, 0.25) is 0 Å². The van der Waals surface area contributed by atoms with Gasteiger partial charge in [0.2, 0.25) is 0 Å². The summed E-state index contributed by atoms with van der Waals surface area (Å²) < 4.78 is 0. The average molecular weight is 721 g/mol. The van der Waals surface area contributed by atoms with Crippen LogP contribution in [0.5, 0.6) is 0 Å². The smallest absolute Gasteiger partial charge is 0.0120 e. The number of unbranched alkanes of at least 4 members (excludes halogenated alkanes) is 11. The van der Waals surface area contributed by atoms with Crippen LogP contribution in [-0.4, -0.2) is 48.6 Å². The van der Waals surface area contributed by atoms with Gasteiger partial charge in [0.1, 0.15) is 0 Å². The standard InChI is InChI=1S/C41H76N2.C7H10.C2H6/c1-6-9-10-11-12-13-14-15-16-17-18-19-20-21-22-24-37(4)25-27-39(23-7-2)28-26-38(5)40-29-35-43(36-30-40)41-31-33-42(8-3)34-32-41;1-3-7(2)5-4-6-7;1-2/h12-13,39-41H,4-11,14-36H2,1-3H3;3-5H,1,6H2,2H3;1-2H3/b13-12-;;. The monoisotopic (exact) mass is 721 g/mol. The Morgan fingerprint density at radius 2 is 1.27 bits per heavy atom. The highest BCUT2D eigenvalue weighted by Crippen LogP contribution is 2.33. The van der Waals surface area contributed by atoms with Crippen LogP contribution in [0.3, 0.4) is 0 Å². The summed E-state index contributed by atoms with van der Waals surface area (Å²) >= 11 is 0. The fraction of sp³-hybridized carbons (Fsp3) is 0.800. The van der Waals surface area contributed by atoms with Gasteiger partial charge in [0.05, 0.1) is 0 Å². The topological polar surface area (TPSA) is 6.48 Å². The van der Waals surface area contributed by atoms with Crippen molar-refractivity contribution in [2.75, 3.05) is 32.7 Å². The first-order chi connectivity index (χ1) is 25.3. The van der Waals surface area contributed by atoms with Crippen molar-refractivity contribution in [3.63, 3.8) is 0 Å². The Bertz CT molecular complexity index is 928. The summed E-state index contributed by atoms with van der Waals surface area (Å²) in [7, 11) is 0. The molecule has 2 aliphatic heterocycles. The molecule has 0 amide bonds. The lowest BCUT2D eigenvalue weighted by molar-refractivity contribution is 0.0840. The molecule has 3 aliphatic rings. The third-order valence-electron chi connectivity index (χ3n) is 12.4. The first-order valence-corrected chi connectivity index (χ1v) is 23.1. The summed E-state index contributed by atoms with van der Waals surface area (Å²) in [6, 6.07) is 0.839. The molecule has 0 N–H and O–H groups in total.